The Morgan fingerprint density at radius 1 is 1.27 bits per heavy atom. The van der Waals surface area contributed by atoms with E-state index < -0.39 is 11.5 Å². The molecule has 1 amide bonds. The van der Waals surface area contributed by atoms with Gasteiger partial charge >= 0.3 is 5.97 Å². The Hall–Kier alpha value is -2.04. The SMILES string of the molecule is CC(C)CCOc1ccc(C(=O)NC2(C(=O)O)CCC2)cc1. The number of amides is 1. The Morgan fingerprint density at radius 2 is 1.91 bits per heavy atom. The molecule has 1 aliphatic carbocycles. The number of hydrogen-bond donors (Lipinski definition) is 2. The van der Waals surface area contributed by atoms with Gasteiger partial charge in [0.25, 0.3) is 5.91 Å². The van der Waals surface area contributed by atoms with Crippen molar-refractivity contribution in [3.63, 3.8) is 0 Å². The fraction of sp³-hybridized carbons (Fsp3) is 0.529. The Morgan fingerprint density at radius 3 is 2.36 bits per heavy atom. The summed E-state index contributed by atoms with van der Waals surface area (Å²) in [6.07, 6.45) is 2.79. The third kappa shape index (κ3) is 3.78. The zero-order valence-electron chi connectivity index (χ0n) is 13.1. The van der Waals surface area contributed by atoms with Gasteiger partial charge in [-0.2, -0.15) is 0 Å². The van der Waals surface area contributed by atoms with Crippen LogP contribution in [0.2, 0.25) is 0 Å². The standard InChI is InChI=1S/C17H23NO4/c1-12(2)8-11-22-14-6-4-13(5-7-14)15(19)18-17(16(20)21)9-3-10-17/h4-7,12H,3,8-11H2,1-2H3,(H,18,19)(H,20,21). The number of nitrogens with one attached hydrogen (secondary N) is 1. The predicted octanol–water partition coefficient (Wildman–Crippen LogP) is 2.85. The third-order valence-corrected chi connectivity index (χ3v) is 4.05. The van der Waals surface area contributed by atoms with Crippen molar-refractivity contribution in [2.75, 3.05) is 6.61 Å². The van der Waals surface area contributed by atoms with Crippen molar-refractivity contribution in [3.8, 4) is 5.75 Å². The van der Waals surface area contributed by atoms with Gasteiger partial charge in [-0.25, -0.2) is 4.79 Å². The van der Waals surface area contributed by atoms with Gasteiger partial charge in [-0.3, -0.25) is 4.79 Å². The molecule has 1 saturated carbocycles. The van der Waals surface area contributed by atoms with Gasteiger partial charge in [-0.1, -0.05) is 13.8 Å². The molecule has 0 heterocycles. The van der Waals surface area contributed by atoms with Crippen LogP contribution in [0.4, 0.5) is 0 Å². The molecule has 0 unspecified atom stereocenters. The minimum Gasteiger partial charge on any atom is -0.494 e. The van der Waals surface area contributed by atoms with Crippen molar-refractivity contribution in [3.05, 3.63) is 29.8 Å². The summed E-state index contributed by atoms with van der Waals surface area (Å²) in [6, 6.07) is 6.80. The summed E-state index contributed by atoms with van der Waals surface area (Å²) in [5, 5.41) is 11.9. The molecule has 1 fully saturated rings. The van der Waals surface area contributed by atoms with Gasteiger partial charge in [0, 0.05) is 5.56 Å². The number of carboxylic acids is 1. The first-order valence-corrected chi connectivity index (χ1v) is 7.72. The van der Waals surface area contributed by atoms with Gasteiger partial charge in [0.15, 0.2) is 0 Å². The van der Waals surface area contributed by atoms with Crippen molar-refractivity contribution in [1.82, 2.24) is 5.32 Å². The molecule has 2 rings (SSSR count). The summed E-state index contributed by atoms with van der Waals surface area (Å²) >= 11 is 0. The highest BCUT2D eigenvalue weighted by Crippen LogP contribution is 2.32. The van der Waals surface area contributed by atoms with Crippen LogP contribution in [-0.4, -0.2) is 29.1 Å². The molecule has 0 atom stereocenters. The Balaban J connectivity index is 1.92. The highest BCUT2D eigenvalue weighted by Gasteiger charge is 2.45. The number of carbonyl (C=O) groups excluding carboxylic acids is 1. The summed E-state index contributed by atoms with van der Waals surface area (Å²) in [7, 11) is 0. The average Bonchev–Trinajstić information content (AvgIpc) is 2.42. The lowest BCUT2D eigenvalue weighted by atomic mass is 9.76. The second-order valence-electron chi connectivity index (χ2n) is 6.25. The molecule has 2 N–H and O–H groups in total. The molecule has 0 spiro atoms. The van der Waals surface area contributed by atoms with Crippen LogP contribution in [0.1, 0.15) is 49.9 Å². The van der Waals surface area contributed by atoms with Crippen molar-refractivity contribution in [2.24, 2.45) is 5.92 Å². The van der Waals surface area contributed by atoms with E-state index in [2.05, 4.69) is 19.2 Å². The maximum absolute atomic E-state index is 12.2. The second-order valence-corrected chi connectivity index (χ2v) is 6.25. The lowest BCUT2D eigenvalue weighted by molar-refractivity contribution is -0.148. The number of aliphatic carboxylic acids is 1. The Labute approximate surface area is 130 Å². The quantitative estimate of drug-likeness (QED) is 0.812. The average molecular weight is 305 g/mol. The summed E-state index contributed by atoms with van der Waals surface area (Å²) in [5.74, 6) is -0.00917. The fourth-order valence-electron chi connectivity index (χ4n) is 2.33. The van der Waals surface area contributed by atoms with Crippen molar-refractivity contribution in [1.29, 1.82) is 0 Å². The van der Waals surface area contributed by atoms with Gasteiger partial charge in [-0.15, -0.1) is 0 Å². The molecule has 120 valence electrons. The summed E-state index contributed by atoms with van der Waals surface area (Å²) in [4.78, 5) is 23.4. The smallest absolute Gasteiger partial charge is 0.329 e. The predicted molar refractivity (Wildman–Crippen MR) is 83.1 cm³/mol. The van der Waals surface area contributed by atoms with Crippen molar-refractivity contribution >= 4 is 11.9 Å². The maximum atomic E-state index is 12.2. The molecule has 0 aromatic heterocycles. The summed E-state index contributed by atoms with van der Waals surface area (Å²) in [6.45, 7) is 4.91. The molecule has 0 aliphatic heterocycles. The molecule has 0 saturated heterocycles. The number of carboxylic acid groups (broad SMARTS) is 1. The largest absolute Gasteiger partial charge is 0.494 e. The van der Waals surface area contributed by atoms with Gasteiger partial charge in [0.05, 0.1) is 6.61 Å². The molecular formula is C17H23NO4. The lowest BCUT2D eigenvalue weighted by Gasteiger charge is -2.38. The number of hydrogen-bond acceptors (Lipinski definition) is 3. The summed E-state index contributed by atoms with van der Waals surface area (Å²) in [5.41, 5.74) is -0.632. The number of carbonyl (C=O) groups is 2. The minimum atomic E-state index is -1.08. The third-order valence-electron chi connectivity index (χ3n) is 4.05. The molecule has 1 aromatic rings. The monoisotopic (exact) mass is 305 g/mol. The van der Waals surface area contributed by atoms with Crippen molar-refractivity contribution in [2.45, 2.75) is 45.1 Å². The molecule has 1 aliphatic rings. The van der Waals surface area contributed by atoms with Gasteiger partial charge < -0.3 is 15.2 Å². The van der Waals surface area contributed by atoms with E-state index in [-0.39, 0.29) is 5.91 Å². The normalized spacial score (nSPS) is 16.0. The maximum Gasteiger partial charge on any atom is 0.329 e. The Kier molecular flexibility index (Phi) is 5.06. The van der Waals surface area contributed by atoms with E-state index in [1.807, 2.05) is 0 Å². The first-order valence-electron chi connectivity index (χ1n) is 7.72. The van der Waals surface area contributed by atoms with Crippen LogP contribution in [0, 0.1) is 5.92 Å². The molecule has 0 bridgehead atoms. The van der Waals surface area contributed by atoms with E-state index >= 15 is 0 Å². The van der Waals surface area contributed by atoms with Gasteiger partial charge in [-0.05, 0) is 55.9 Å². The van der Waals surface area contributed by atoms with Gasteiger partial charge in [0.2, 0.25) is 0 Å². The van der Waals surface area contributed by atoms with E-state index in [9.17, 15) is 14.7 Å². The van der Waals surface area contributed by atoms with Crippen LogP contribution >= 0.6 is 0 Å². The van der Waals surface area contributed by atoms with E-state index in [0.717, 1.165) is 12.8 Å². The highest BCUT2D eigenvalue weighted by atomic mass is 16.5. The van der Waals surface area contributed by atoms with Crippen LogP contribution < -0.4 is 10.1 Å². The lowest BCUT2D eigenvalue weighted by Crippen LogP contribution is -2.59. The molecule has 5 nitrogen and oxygen atoms in total. The van der Waals surface area contributed by atoms with Crippen LogP contribution in [0.5, 0.6) is 5.75 Å². The van der Waals surface area contributed by atoms with E-state index in [0.29, 0.717) is 36.7 Å². The van der Waals surface area contributed by atoms with Crippen LogP contribution in [-0.2, 0) is 4.79 Å². The van der Waals surface area contributed by atoms with Crippen molar-refractivity contribution < 1.29 is 19.4 Å². The fourth-order valence-corrected chi connectivity index (χ4v) is 2.33. The van der Waals surface area contributed by atoms with Crippen LogP contribution in [0.25, 0.3) is 0 Å². The first kappa shape index (κ1) is 16.3. The molecule has 0 radical (unpaired) electrons. The zero-order valence-corrected chi connectivity index (χ0v) is 13.1. The highest BCUT2D eigenvalue weighted by molar-refractivity contribution is 5.98. The summed E-state index contributed by atoms with van der Waals surface area (Å²) < 4.78 is 5.60. The van der Waals surface area contributed by atoms with Crippen LogP contribution in [0.3, 0.4) is 0 Å². The molecule has 5 heteroatoms. The van der Waals surface area contributed by atoms with Crippen LogP contribution in [0.15, 0.2) is 24.3 Å². The molecule has 22 heavy (non-hydrogen) atoms. The van der Waals surface area contributed by atoms with E-state index in [1.54, 1.807) is 24.3 Å². The Bertz CT molecular complexity index is 532. The van der Waals surface area contributed by atoms with Gasteiger partial charge in [0.1, 0.15) is 11.3 Å². The molecular weight excluding hydrogens is 282 g/mol. The number of benzene rings is 1. The van der Waals surface area contributed by atoms with E-state index in [4.69, 9.17) is 4.74 Å². The molecule has 1 aromatic carbocycles. The topological polar surface area (TPSA) is 75.6 Å². The minimum absolute atomic E-state index is 0.351. The van der Waals surface area contributed by atoms with E-state index in [1.165, 1.54) is 0 Å². The number of ether oxygens (including phenoxy) is 1. The second kappa shape index (κ2) is 6.81. The number of rotatable bonds is 7. The zero-order chi connectivity index (χ0) is 16.2. The first-order chi connectivity index (χ1) is 10.4.